The van der Waals surface area contributed by atoms with E-state index in [1.54, 1.807) is 0 Å². The highest BCUT2D eigenvalue weighted by molar-refractivity contribution is 7.90. The van der Waals surface area contributed by atoms with Crippen molar-refractivity contribution in [1.82, 2.24) is 20.2 Å². The number of ether oxygens (including phenoxy) is 1. The van der Waals surface area contributed by atoms with Gasteiger partial charge in [-0.25, -0.2) is 18.4 Å². The number of pyridine rings is 1. The minimum Gasteiger partial charge on any atom is -0.481 e. The summed E-state index contributed by atoms with van der Waals surface area (Å²) in [5.74, 6) is -0.00822. The number of nitrogens with one attached hydrogen (secondary N) is 1. The van der Waals surface area contributed by atoms with Crippen molar-refractivity contribution in [2.75, 3.05) is 7.11 Å². The summed E-state index contributed by atoms with van der Waals surface area (Å²) in [4.78, 5) is 7.47. The summed E-state index contributed by atoms with van der Waals surface area (Å²) >= 11 is 5.76. The van der Waals surface area contributed by atoms with Crippen molar-refractivity contribution in [3.8, 4) is 5.88 Å². The fourth-order valence-electron chi connectivity index (χ4n) is 1.34. The first-order chi connectivity index (χ1) is 8.51. The maximum Gasteiger partial charge on any atom is 0.243 e. The van der Waals surface area contributed by atoms with Crippen LogP contribution in [-0.2, 0) is 15.6 Å². The summed E-state index contributed by atoms with van der Waals surface area (Å²) in [5.41, 5.74) is 0.461. The van der Waals surface area contributed by atoms with Gasteiger partial charge in [0.25, 0.3) is 0 Å². The average Bonchev–Trinajstić information content (AvgIpc) is 2.81. The molecule has 0 spiro atoms. The fraction of sp³-hybridized carbons (Fsp3) is 0.222. The maximum atomic E-state index is 11.9. The Bertz CT molecular complexity index is 642. The molecule has 7 nitrogen and oxygen atoms in total. The van der Waals surface area contributed by atoms with E-state index in [-0.39, 0.29) is 21.9 Å². The third-order valence-corrected chi connectivity index (χ3v) is 3.78. The zero-order valence-corrected chi connectivity index (χ0v) is 10.9. The van der Waals surface area contributed by atoms with E-state index in [1.807, 2.05) is 0 Å². The van der Waals surface area contributed by atoms with Crippen molar-refractivity contribution in [2.45, 2.75) is 10.9 Å². The number of halogens is 1. The average molecular weight is 289 g/mol. The van der Waals surface area contributed by atoms with Crippen molar-refractivity contribution < 1.29 is 13.2 Å². The van der Waals surface area contributed by atoms with Gasteiger partial charge in [-0.2, -0.15) is 5.10 Å². The summed E-state index contributed by atoms with van der Waals surface area (Å²) in [7, 11) is -2.16. The molecule has 1 N–H and O–H groups in total. The van der Waals surface area contributed by atoms with Crippen molar-refractivity contribution in [3.05, 3.63) is 29.2 Å². The SMILES string of the molecule is COc1cc(CS(=O)(=O)c2ncn[nH]2)cc(Cl)n1. The van der Waals surface area contributed by atoms with Gasteiger partial charge in [0, 0.05) is 6.07 Å². The molecule has 0 aliphatic heterocycles. The molecular formula is C9H9ClN4O3S. The topological polar surface area (TPSA) is 97.8 Å². The molecule has 0 radical (unpaired) electrons. The van der Waals surface area contributed by atoms with Crippen LogP contribution >= 0.6 is 11.6 Å². The molecule has 0 aliphatic carbocycles. The van der Waals surface area contributed by atoms with E-state index in [4.69, 9.17) is 16.3 Å². The lowest BCUT2D eigenvalue weighted by atomic mass is 10.3. The second-order valence-corrected chi connectivity index (χ2v) is 5.68. The molecule has 0 saturated carbocycles. The molecule has 0 aliphatic rings. The Kier molecular flexibility index (Phi) is 3.48. The molecule has 0 fully saturated rings. The highest BCUT2D eigenvalue weighted by Crippen LogP contribution is 2.19. The highest BCUT2D eigenvalue weighted by atomic mass is 35.5. The standard InChI is InChI=1S/C9H9ClN4O3S/c1-17-8-3-6(2-7(10)13-8)4-18(15,16)9-11-5-12-14-9/h2-3,5H,4H2,1H3,(H,11,12,14). The molecular weight excluding hydrogens is 280 g/mol. The summed E-state index contributed by atoms with van der Waals surface area (Å²) in [5, 5.41) is 5.79. The number of nitrogens with zero attached hydrogens (tertiary/aromatic N) is 3. The van der Waals surface area contributed by atoms with E-state index in [0.29, 0.717) is 5.56 Å². The van der Waals surface area contributed by atoms with Crippen LogP contribution in [-0.4, -0.2) is 35.7 Å². The van der Waals surface area contributed by atoms with Crippen LogP contribution in [0.3, 0.4) is 0 Å². The number of aromatic amines is 1. The van der Waals surface area contributed by atoms with Crippen LogP contribution in [0.25, 0.3) is 0 Å². The van der Waals surface area contributed by atoms with E-state index >= 15 is 0 Å². The third kappa shape index (κ3) is 2.77. The van der Waals surface area contributed by atoms with Crippen LogP contribution in [0.4, 0.5) is 0 Å². The first-order valence-electron chi connectivity index (χ1n) is 4.80. The van der Waals surface area contributed by atoms with Crippen LogP contribution in [0, 0.1) is 0 Å². The molecule has 0 atom stereocenters. The predicted octanol–water partition coefficient (Wildman–Crippen LogP) is 0.836. The van der Waals surface area contributed by atoms with Gasteiger partial charge >= 0.3 is 0 Å². The molecule has 0 amide bonds. The molecule has 2 rings (SSSR count). The van der Waals surface area contributed by atoms with E-state index in [1.165, 1.54) is 19.2 Å². The normalized spacial score (nSPS) is 11.4. The number of hydrogen-bond acceptors (Lipinski definition) is 6. The number of methoxy groups -OCH3 is 1. The molecule has 0 aromatic carbocycles. The van der Waals surface area contributed by atoms with Crippen molar-refractivity contribution >= 4 is 21.4 Å². The van der Waals surface area contributed by atoms with Gasteiger partial charge in [-0.15, -0.1) is 0 Å². The molecule has 9 heteroatoms. The monoisotopic (exact) mass is 288 g/mol. The number of aromatic nitrogens is 4. The van der Waals surface area contributed by atoms with Crippen molar-refractivity contribution in [2.24, 2.45) is 0 Å². The molecule has 0 saturated heterocycles. The predicted molar refractivity (Wildman–Crippen MR) is 63.1 cm³/mol. The van der Waals surface area contributed by atoms with Gasteiger partial charge in [0.2, 0.25) is 20.9 Å². The molecule has 96 valence electrons. The first-order valence-corrected chi connectivity index (χ1v) is 6.83. The summed E-state index contributed by atoms with van der Waals surface area (Å²) in [6, 6.07) is 2.96. The Morgan fingerprint density at radius 3 is 2.83 bits per heavy atom. The number of H-pyrrole nitrogens is 1. The molecule has 0 unspecified atom stereocenters. The summed E-state index contributed by atoms with van der Waals surface area (Å²) in [6.45, 7) is 0. The van der Waals surface area contributed by atoms with E-state index < -0.39 is 9.84 Å². The second kappa shape index (κ2) is 4.91. The smallest absolute Gasteiger partial charge is 0.243 e. The second-order valence-electron chi connectivity index (χ2n) is 3.39. The Morgan fingerprint density at radius 1 is 1.44 bits per heavy atom. The van der Waals surface area contributed by atoms with Gasteiger partial charge in [0.05, 0.1) is 12.9 Å². The molecule has 2 aromatic rings. The molecule has 2 aromatic heterocycles. The third-order valence-electron chi connectivity index (χ3n) is 2.08. The Labute approximate surface area is 108 Å². The van der Waals surface area contributed by atoms with Gasteiger partial charge in [-0.3, -0.25) is 5.10 Å². The minimum atomic E-state index is -3.58. The van der Waals surface area contributed by atoms with E-state index in [9.17, 15) is 8.42 Å². The summed E-state index contributed by atoms with van der Waals surface area (Å²) < 4.78 is 28.8. The first kappa shape index (κ1) is 12.8. The Morgan fingerprint density at radius 2 is 2.22 bits per heavy atom. The summed E-state index contributed by atoms with van der Waals surface area (Å²) in [6.07, 6.45) is 1.13. The zero-order chi connectivity index (χ0) is 13.2. The van der Waals surface area contributed by atoms with Gasteiger partial charge < -0.3 is 4.74 Å². The van der Waals surface area contributed by atoms with Gasteiger partial charge in [0.15, 0.2) is 0 Å². The molecule has 2 heterocycles. The number of sulfone groups is 1. The Balaban J connectivity index is 2.32. The van der Waals surface area contributed by atoms with Gasteiger partial charge in [-0.05, 0) is 11.6 Å². The van der Waals surface area contributed by atoms with Crippen LogP contribution in [0.1, 0.15) is 5.56 Å². The largest absolute Gasteiger partial charge is 0.481 e. The fourth-order valence-corrected chi connectivity index (χ4v) is 2.71. The van der Waals surface area contributed by atoms with Crippen LogP contribution in [0.15, 0.2) is 23.6 Å². The minimum absolute atomic E-state index is 0.164. The van der Waals surface area contributed by atoms with Crippen molar-refractivity contribution in [3.63, 3.8) is 0 Å². The maximum absolute atomic E-state index is 11.9. The van der Waals surface area contributed by atoms with Gasteiger partial charge in [-0.1, -0.05) is 11.6 Å². The van der Waals surface area contributed by atoms with Gasteiger partial charge in [0.1, 0.15) is 11.5 Å². The quantitative estimate of drug-likeness (QED) is 0.837. The van der Waals surface area contributed by atoms with Crippen LogP contribution in [0.5, 0.6) is 5.88 Å². The highest BCUT2D eigenvalue weighted by Gasteiger charge is 2.19. The number of hydrogen-bond donors (Lipinski definition) is 1. The lowest BCUT2D eigenvalue weighted by Crippen LogP contribution is -2.07. The van der Waals surface area contributed by atoms with Crippen molar-refractivity contribution in [1.29, 1.82) is 0 Å². The zero-order valence-electron chi connectivity index (χ0n) is 9.29. The lowest BCUT2D eigenvalue weighted by Gasteiger charge is -2.04. The van der Waals surface area contributed by atoms with Crippen LogP contribution in [0.2, 0.25) is 5.15 Å². The molecule has 0 bridgehead atoms. The molecule has 18 heavy (non-hydrogen) atoms. The number of rotatable bonds is 4. The lowest BCUT2D eigenvalue weighted by molar-refractivity contribution is 0.397. The van der Waals surface area contributed by atoms with Crippen LogP contribution < -0.4 is 4.74 Å². The van der Waals surface area contributed by atoms with E-state index in [0.717, 1.165) is 6.33 Å². The Hall–Kier alpha value is -1.67. The van der Waals surface area contributed by atoms with E-state index in [2.05, 4.69) is 20.2 Å².